The molecule has 1 atom stereocenters. The van der Waals surface area contributed by atoms with Gasteiger partial charge in [0.05, 0.1) is 25.0 Å². The molecule has 1 saturated heterocycles. The summed E-state index contributed by atoms with van der Waals surface area (Å²) in [6.07, 6.45) is 1.93. The molecule has 1 aliphatic rings. The zero-order chi connectivity index (χ0) is 15.0. The second kappa shape index (κ2) is 5.12. The molecule has 1 fully saturated rings. The Kier molecular flexibility index (Phi) is 3.28. The van der Waals surface area contributed by atoms with Gasteiger partial charge >= 0.3 is 6.09 Å². The van der Waals surface area contributed by atoms with Crippen LogP contribution in [0.2, 0.25) is 0 Å². The van der Waals surface area contributed by atoms with E-state index in [1.165, 1.54) is 29.9 Å². The molecule has 0 aliphatic carbocycles. The maximum Gasteiger partial charge on any atom is 0.414 e. The number of nitrogens with zero attached hydrogens (tertiary/aromatic N) is 4. The van der Waals surface area contributed by atoms with Gasteiger partial charge in [0, 0.05) is 6.20 Å². The molecular weight excluding hydrogens is 282 g/mol. The van der Waals surface area contributed by atoms with Crippen molar-refractivity contribution in [2.75, 3.05) is 11.4 Å². The van der Waals surface area contributed by atoms with E-state index in [9.17, 15) is 13.6 Å². The van der Waals surface area contributed by atoms with E-state index < -0.39 is 23.8 Å². The number of hydrogen-bond acceptors (Lipinski definition) is 4. The first kappa shape index (κ1) is 13.5. The van der Waals surface area contributed by atoms with Crippen molar-refractivity contribution >= 4 is 11.8 Å². The molecule has 3 rings (SSSR count). The van der Waals surface area contributed by atoms with Crippen LogP contribution in [-0.4, -0.2) is 33.7 Å². The van der Waals surface area contributed by atoms with Gasteiger partial charge in [0.15, 0.2) is 11.6 Å². The summed E-state index contributed by atoms with van der Waals surface area (Å²) in [5.41, 5.74) is 0.0622. The first-order chi connectivity index (χ1) is 10.1. The van der Waals surface area contributed by atoms with Gasteiger partial charge < -0.3 is 4.74 Å². The predicted molar refractivity (Wildman–Crippen MR) is 68.7 cm³/mol. The first-order valence-electron chi connectivity index (χ1n) is 6.33. The molecule has 0 N–H and O–H groups in total. The topological polar surface area (TPSA) is 60.3 Å². The number of amides is 1. The van der Waals surface area contributed by atoms with E-state index in [0.717, 1.165) is 4.90 Å². The normalized spacial score (nSPS) is 18.1. The van der Waals surface area contributed by atoms with Gasteiger partial charge in [-0.05, 0) is 18.6 Å². The van der Waals surface area contributed by atoms with E-state index in [-0.39, 0.29) is 17.8 Å². The molecule has 1 aromatic heterocycles. The second-order valence-electron chi connectivity index (χ2n) is 4.77. The lowest BCUT2D eigenvalue weighted by atomic mass is 10.2. The number of ether oxygens (including phenoxy) is 1. The maximum absolute atomic E-state index is 13.9. The molecule has 6 nitrogen and oxygen atoms in total. The average molecular weight is 294 g/mol. The fourth-order valence-electron chi connectivity index (χ4n) is 2.20. The third-order valence-electron chi connectivity index (χ3n) is 3.28. The fraction of sp³-hybridized carbons (Fsp3) is 0.308. The van der Waals surface area contributed by atoms with Gasteiger partial charge in [0.2, 0.25) is 0 Å². The van der Waals surface area contributed by atoms with Crippen LogP contribution < -0.4 is 4.90 Å². The highest BCUT2D eigenvalue weighted by Gasteiger charge is 2.34. The number of carbonyl (C=O) groups excluding carboxylic acids is 1. The second-order valence-corrected chi connectivity index (χ2v) is 4.77. The Morgan fingerprint density at radius 2 is 2.19 bits per heavy atom. The van der Waals surface area contributed by atoms with E-state index in [4.69, 9.17) is 4.74 Å². The van der Waals surface area contributed by atoms with Gasteiger partial charge in [-0.3, -0.25) is 4.90 Å². The van der Waals surface area contributed by atoms with Crippen LogP contribution >= 0.6 is 0 Å². The summed E-state index contributed by atoms with van der Waals surface area (Å²) in [6, 6.07) is 2.79. The average Bonchev–Trinajstić information content (AvgIpc) is 3.07. The summed E-state index contributed by atoms with van der Waals surface area (Å²) in [5, 5.41) is 7.41. The van der Waals surface area contributed by atoms with Gasteiger partial charge in [-0.15, -0.1) is 5.10 Å². The van der Waals surface area contributed by atoms with Crippen LogP contribution in [0.5, 0.6) is 0 Å². The quantitative estimate of drug-likeness (QED) is 0.867. The van der Waals surface area contributed by atoms with E-state index in [0.29, 0.717) is 6.54 Å². The zero-order valence-corrected chi connectivity index (χ0v) is 11.2. The van der Waals surface area contributed by atoms with Crippen LogP contribution in [0.3, 0.4) is 0 Å². The van der Waals surface area contributed by atoms with Gasteiger partial charge in [-0.1, -0.05) is 11.3 Å². The van der Waals surface area contributed by atoms with Crippen molar-refractivity contribution in [2.45, 2.75) is 19.6 Å². The van der Waals surface area contributed by atoms with Gasteiger partial charge in [-0.25, -0.2) is 18.3 Å². The Balaban J connectivity index is 1.81. The molecule has 0 spiro atoms. The lowest BCUT2D eigenvalue weighted by molar-refractivity contribution is 0.129. The zero-order valence-electron chi connectivity index (χ0n) is 11.2. The van der Waals surface area contributed by atoms with Crippen molar-refractivity contribution in [2.24, 2.45) is 0 Å². The van der Waals surface area contributed by atoms with E-state index in [1.54, 1.807) is 6.20 Å². The molecule has 0 radical (unpaired) electrons. The highest BCUT2D eigenvalue weighted by Crippen LogP contribution is 2.28. The lowest BCUT2D eigenvalue weighted by Crippen LogP contribution is -2.27. The molecule has 1 aliphatic heterocycles. The van der Waals surface area contributed by atoms with Crippen LogP contribution in [0, 0.1) is 18.6 Å². The standard InChI is InChI=1S/C13H12F2N4O2/c1-8-2-3-10(12(15)11(8)14)19-7-9(21-13(19)20)6-18-5-4-16-17-18/h2-5,9H,6-7H2,1H3/t9-/m0/s1. The summed E-state index contributed by atoms with van der Waals surface area (Å²) >= 11 is 0. The summed E-state index contributed by atoms with van der Waals surface area (Å²) in [4.78, 5) is 12.9. The Morgan fingerprint density at radius 1 is 1.38 bits per heavy atom. The minimum atomic E-state index is -1.05. The van der Waals surface area contributed by atoms with Gasteiger partial charge in [-0.2, -0.15) is 0 Å². The van der Waals surface area contributed by atoms with Crippen molar-refractivity contribution in [3.63, 3.8) is 0 Å². The number of hydrogen-bond donors (Lipinski definition) is 0. The summed E-state index contributed by atoms with van der Waals surface area (Å²) in [7, 11) is 0. The fourth-order valence-corrected chi connectivity index (χ4v) is 2.20. The predicted octanol–water partition coefficient (Wildman–Crippen LogP) is 1.89. The van der Waals surface area contributed by atoms with Crippen LogP contribution in [0.15, 0.2) is 24.5 Å². The van der Waals surface area contributed by atoms with Crippen LogP contribution in [0.1, 0.15) is 5.56 Å². The molecule has 0 unspecified atom stereocenters. The largest absolute Gasteiger partial charge is 0.442 e. The molecule has 110 valence electrons. The molecule has 0 bridgehead atoms. The van der Waals surface area contributed by atoms with Crippen LogP contribution in [-0.2, 0) is 11.3 Å². The third kappa shape index (κ3) is 2.44. The number of cyclic esters (lactones) is 1. The SMILES string of the molecule is Cc1ccc(N2C[C@H](Cn3ccnn3)OC2=O)c(F)c1F. The smallest absolute Gasteiger partial charge is 0.414 e. The van der Waals surface area contributed by atoms with Crippen molar-refractivity contribution in [1.82, 2.24) is 15.0 Å². The van der Waals surface area contributed by atoms with Crippen LogP contribution in [0.25, 0.3) is 0 Å². The van der Waals surface area contributed by atoms with E-state index >= 15 is 0 Å². The number of halogens is 2. The lowest BCUT2D eigenvalue weighted by Gasteiger charge is -2.14. The highest BCUT2D eigenvalue weighted by molar-refractivity contribution is 5.89. The Hall–Kier alpha value is -2.51. The molecule has 1 amide bonds. The first-order valence-corrected chi connectivity index (χ1v) is 6.33. The number of carbonyl (C=O) groups is 1. The highest BCUT2D eigenvalue weighted by atomic mass is 19.2. The summed E-state index contributed by atoms with van der Waals surface area (Å²) in [5.74, 6) is -2.01. The number of rotatable bonds is 3. The van der Waals surface area contributed by atoms with Crippen molar-refractivity contribution in [1.29, 1.82) is 0 Å². The monoisotopic (exact) mass is 294 g/mol. The number of aromatic nitrogens is 3. The van der Waals surface area contributed by atoms with Crippen molar-refractivity contribution < 1.29 is 18.3 Å². The number of anilines is 1. The molecule has 8 heteroatoms. The minimum Gasteiger partial charge on any atom is -0.442 e. The van der Waals surface area contributed by atoms with Gasteiger partial charge in [0.1, 0.15) is 6.10 Å². The molecule has 1 aromatic carbocycles. The minimum absolute atomic E-state index is 0.121. The molecule has 0 saturated carbocycles. The Labute approximate surface area is 118 Å². The molecule has 21 heavy (non-hydrogen) atoms. The Bertz CT molecular complexity index is 675. The molecule has 2 aromatic rings. The van der Waals surface area contributed by atoms with E-state index in [1.807, 2.05) is 0 Å². The van der Waals surface area contributed by atoms with E-state index in [2.05, 4.69) is 10.3 Å². The summed E-state index contributed by atoms with van der Waals surface area (Å²) in [6.45, 7) is 1.88. The molecular formula is C13H12F2N4O2. The van der Waals surface area contributed by atoms with Crippen molar-refractivity contribution in [3.05, 3.63) is 41.7 Å². The molecule has 2 heterocycles. The number of benzene rings is 1. The van der Waals surface area contributed by atoms with Crippen molar-refractivity contribution in [3.8, 4) is 0 Å². The number of aryl methyl sites for hydroxylation is 1. The van der Waals surface area contributed by atoms with Crippen LogP contribution in [0.4, 0.5) is 19.3 Å². The maximum atomic E-state index is 13.9. The Morgan fingerprint density at radius 3 is 2.90 bits per heavy atom. The van der Waals surface area contributed by atoms with Gasteiger partial charge in [0.25, 0.3) is 0 Å². The third-order valence-corrected chi connectivity index (χ3v) is 3.28. The summed E-state index contributed by atoms with van der Waals surface area (Å²) < 4.78 is 34.2.